The molecule has 0 aromatic heterocycles. The van der Waals surface area contributed by atoms with Crippen molar-refractivity contribution in [1.82, 2.24) is 0 Å². The number of nitro groups is 1. The van der Waals surface area contributed by atoms with Crippen LogP contribution < -0.4 is 0 Å². The molecule has 4 nitrogen and oxygen atoms in total. The molecule has 0 radical (unpaired) electrons. The highest BCUT2D eigenvalue weighted by Crippen LogP contribution is 2.31. The summed E-state index contributed by atoms with van der Waals surface area (Å²) in [6, 6.07) is 11.3. The molecule has 96 valence electrons. The largest absolute Gasteiger partial charge is 0.295 e. The third kappa shape index (κ3) is 2.80. The van der Waals surface area contributed by atoms with Crippen LogP contribution in [0.4, 0.5) is 5.69 Å². The number of nitrogens with zero attached hydrogens (tertiary/aromatic N) is 1. The molecule has 0 heterocycles. The predicted octanol–water partition coefficient (Wildman–Crippen LogP) is 4.12. The van der Waals surface area contributed by atoms with Gasteiger partial charge < -0.3 is 0 Å². The number of hydrogen-bond acceptors (Lipinski definition) is 3. The fourth-order valence-corrected chi connectivity index (χ4v) is 2.02. The van der Waals surface area contributed by atoms with E-state index in [1.165, 1.54) is 19.1 Å². The Kier molecular flexibility index (Phi) is 3.62. The van der Waals surface area contributed by atoms with Crippen LogP contribution in [0.1, 0.15) is 17.3 Å². The first-order valence-electron chi connectivity index (χ1n) is 5.54. The van der Waals surface area contributed by atoms with Gasteiger partial charge in [-0.05, 0) is 18.6 Å². The van der Waals surface area contributed by atoms with Crippen molar-refractivity contribution >= 4 is 23.1 Å². The summed E-state index contributed by atoms with van der Waals surface area (Å²) in [4.78, 5) is 21.3. The van der Waals surface area contributed by atoms with Gasteiger partial charge in [-0.15, -0.1) is 0 Å². The molecule has 0 N–H and O–H groups in total. The second kappa shape index (κ2) is 5.20. The van der Waals surface area contributed by atoms with E-state index in [1.807, 2.05) is 0 Å². The maximum atomic E-state index is 11.2. The Hall–Kier alpha value is -2.20. The second-order valence-corrected chi connectivity index (χ2v) is 4.46. The molecule has 0 spiro atoms. The standard InChI is InChI=1S/C14H10ClNO3/c1-9(17)10-2-4-11(5-3-10)13-7-6-12(16(18)19)8-14(13)15/h2-8H,1H3. The van der Waals surface area contributed by atoms with Gasteiger partial charge in [0, 0.05) is 23.3 Å². The molecule has 0 fully saturated rings. The van der Waals surface area contributed by atoms with E-state index in [0.717, 1.165) is 5.56 Å². The lowest BCUT2D eigenvalue weighted by molar-refractivity contribution is -0.384. The fourth-order valence-electron chi connectivity index (χ4n) is 1.74. The second-order valence-electron chi connectivity index (χ2n) is 4.05. The molecule has 2 rings (SSSR count). The Morgan fingerprint density at radius 1 is 1.16 bits per heavy atom. The van der Waals surface area contributed by atoms with Crippen molar-refractivity contribution in [2.45, 2.75) is 6.92 Å². The first-order valence-corrected chi connectivity index (χ1v) is 5.92. The van der Waals surface area contributed by atoms with Crippen molar-refractivity contribution in [1.29, 1.82) is 0 Å². The Balaban J connectivity index is 2.41. The smallest absolute Gasteiger partial charge is 0.270 e. The zero-order valence-electron chi connectivity index (χ0n) is 10.1. The number of nitro benzene ring substituents is 1. The predicted molar refractivity (Wildman–Crippen MR) is 73.5 cm³/mol. The van der Waals surface area contributed by atoms with Gasteiger partial charge in [-0.25, -0.2) is 0 Å². The summed E-state index contributed by atoms with van der Waals surface area (Å²) in [6.45, 7) is 1.49. The molecule has 5 heteroatoms. The summed E-state index contributed by atoms with van der Waals surface area (Å²) in [7, 11) is 0. The van der Waals surface area contributed by atoms with Gasteiger partial charge in [0.1, 0.15) is 0 Å². The monoisotopic (exact) mass is 275 g/mol. The summed E-state index contributed by atoms with van der Waals surface area (Å²) in [6.07, 6.45) is 0. The lowest BCUT2D eigenvalue weighted by atomic mass is 10.0. The van der Waals surface area contributed by atoms with Crippen molar-refractivity contribution < 1.29 is 9.72 Å². The van der Waals surface area contributed by atoms with E-state index in [9.17, 15) is 14.9 Å². The van der Waals surface area contributed by atoms with Gasteiger partial charge in [-0.1, -0.05) is 35.9 Å². The average molecular weight is 276 g/mol. The van der Waals surface area contributed by atoms with E-state index in [-0.39, 0.29) is 11.5 Å². The lowest BCUT2D eigenvalue weighted by Gasteiger charge is -2.05. The lowest BCUT2D eigenvalue weighted by Crippen LogP contribution is -1.91. The van der Waals surface area contributed by atoms with Gasteiger partial charge in [0.25, 0.3) is 5.69 Å². The summed E-state index contributed by atoms with van der Waals surface area (Å²) in [5.74, 6) is -0.0126. The van der Waals surface area contributed by atoms with Crippen LogP contribution in [0.25, 0.3) is 11.1 Å². The van der Waals surface area contributed by atoms with Crippen molar-refractivity contribution in [2.75, 3.05) is 0 Å². The van der Waals surface area contributed by atoms with E-state index in [0.29, 0.717) is 16.1 Å². The highest BCUT2D eigenvalue weighted by Gasteiger charge is 2.11. The van der Waals surface area contributed by atoms with E-state index in [2.05, 4.69) is 0 Å². The van der Waals surface area contributed by atoms with Gasteiger partial charge in [0.15, 0.2) is 5.78 Å². The molecule has 0 saturated carbocycles. The van der Waals surface area contributed by atoms with Crippen molar-refractivity contribution in [2.24, 2.45) is 0 Å². The van der Waals surface area contributed by atoms with E-state index < -0.39 is 4.92 Å². The van der Waals surface area contributed by atoms with Crippen molar-refractivity contribution in [3.05, 3.63) is 63.2 Å². The minimum atomic E-state index is -0.492. The van der Waals surface area contributed by atoms with Crippen LogP contribution in [0.3, 0.4) is 0 Å². The third-order valence-corrected chi connectivity index (χ3v) is 3.08. The van der Waals surface area contributed by atoms with Gasteiger partial charge in [-0.3, -0.25) is 14.9 Å². The topological polar surface area (TPSA) is 60.2 Å². The maximum Gasteiger partial charge on any atom is 0.270 e. The molecule has 2 aromatic rings. The molecule has 0 unspecified atom stereocenters. The molecule has 0 saturated heterocycles. The van der Waals surface area contributed by atoms with Crippen molar-refractivity contribution in [3.8, 4) is 11.1 Å². The Bertz CT molecular complexity index is 650. The highest BCUT2D eigenvalue weighted by atomic mass is 35.5. The molecule has 0 aliphatic rings. The average Bonchev–Trinajstić information content (AvgIpc) is 2.38. The van der Waals surface area contributed by atoms with Crippen molar-refractivity contribution in [3.63, 3.8) is 0 Å². The Morgan fingerprint density at radius 2 is 1.79 bits per heavy atom. The molecule has 19 heavy (non-hydrogen) atoms. The number of halogens is 1. The van der Waals surface area contributed by atoms with Gasteiger partial charge in [-0.2, -0.15) is 0 Å². The first kappa shape index (κ1) is 13.2. The summed E-state index contributed by atoms with van der Waals surface area (Å²) >= 11 is 6.04. The zero-order chi connectivity index (χ0) is 14.0. The molecular weight excluding hydrogens is 266 g/mol. The quantitative estimate of drug-likeness (QED) is 0.481. The van der Waals surface area contributed by atoms with Crippen LogP contribution in [0.15, 0.2) is 42.5 Å². The van der Waals surface area contributed by atoms with Crippen LogP contribution in [-0.4, -0.2) is 10.7 Å². The van der Waals surface area contributed by atoms with E-state index >= 15 is 0 Å². The molecule has 0 aliphatic heterocycles. The molecule has 0 atom stereocenters. The molecule has 0 aliphatic carbocycles. The molecular formula is C14H10ClNO3. The number of carbonyl (C=O) groups is 1. The zero-order valence-corrected chi connectivity index (χ0v) is 10.8. The summed E-state index contributed by atoms with van der Waals surface area (Å²) in [5, 5.41) is 10.9. The minimum absolute atomic E-state index is 0.0126. The van der Waals surface area contributed by atoms with E-state index in [4.69, 9.17) is 11.6 Å². The van der Waals surface area contributed by atoms with Crippen LogP contribution in [0.2, 0.25) is 5.02 Å². The van der Waals surface area contributed by atoms with Crippen LogP contribution >= 0.6 is 11.6 Å². The molecule has 0 amide bonds. The maximum absolute atomic E-state index is 11.2. The number of benzene rings is 2. The summed E-state index contributed by atoms with van der Waals surface area (Å²) < 4.78 is 0. The van der Waals surface area contributed by atoms with Crippen LogP contribution in [0.5, 0.6) is 0 Å². The highest BCUT2D eigenvalue weighted by molar-refractivity contribution is 6.33. The Labute approximate surface area is 114 Å². The Morgan fingerprint density at radius 3 is 2.26 bits per heavy atom. The number of ketones is 1. The van der Waals surface area contributed by atoms with E-state index in [1.54, 1.807) is 30.3 Å². The normalized spacial score (nSPS) is 10.2. The van der Waals surface area contributed by atoms with Crippen LogP contribution in [0, 0.1) is 10.1 Å². The minimum Gasteiger partial charge on any atom is -0.295 e. The third-order valence-electron chi connectivity index (χ3n) is 2.77. The number of carbonyl (C=O) groups excluding carboxylic acids is 1. The van der Waals surface area contributed by atoms with Gasteiger partial charge in [0.2, 0.25) is 0 Å². The first-order chi connectivity index (χ1) is 8.99. The summed E-state index contributed by atoms with van der Waals surface area (Å²) in [5.41, 5.74) is 2.07. The van der Waals surface area contributed by atoms with Crippen LogP contribution in [-0.2, 0) is 0 Å². The number of non-ortho nitro benzene ring substituents is 1. The number of Topliss-reactive ketones (excluding diaryl/α,β-unsaturated/α-hetero) is 1. The number of rotatable bonds is 3. The van der Waals surface area contributed by atoms with Gasteiger partial charge in [0.05, 0.1) is 9.95 Å². The SMILES string of the molecule is CC(=O)c1ccc(-c2ccc([N+](=O)[O-])cc2Cl)cc1. The van der Waals surface area contributed by atoms with Gasteiger partial charge >= 0.3 is 0 Å². The molecule has 2 aromatic carbocycles. The molecule has 0 bridgehead atoms. The number of hydrogen-bond donors (Lipinski definition) is 0. The fraction of sp³-hybridized carbons (Fsp3) is 0.0714.